The predicted octanol–water partition coefficient (Wildman–Crippen LogP) is 1.10. The summed E-state index contributed by atoms with van der Waals surface area (Å²) in [5.74, 6) is -1.16. The second-order valence-electron chi connectivity index (χ2n) is 8.31. The van der Waals surface area contributed by atoms with Gasteiger partial charge in [-0.05, 0) is 40.0 Å². The van der Waals surface area contributed by atoms with Gasteiger partial charge >= 0.3 is 6.09 Å². The third-order valence-corrected chi connectivity index (χ3v) is 6.95. The Morgan fingerprint density at radius 2 is 1.89 bits per heavy atom. The van der Waals surface area contributed by atoms with Crippen LogP contribution in [0.1, 0.15) is 40.0 Å². The lowest BCUT2D eigenvalue weighted by atomic mass is 10.2. The molecule has 0 spiro atoms. The van der Waals surface area contributed by atoms with E-state index in [-0.39, 0.29) is 25.6 Å². The molecule has 0 aliphatic heterocycles. The van der Waals surface area contributed by atoms with Crippen molar-refractivity contribution in [2.45, 2.75) is 55.9 Å². The third-order valence-electron chi connectivity index (χ3n) is 4.83. The number of ether oxygens (including phenoxy) is 3. The van der Waals surface area contributed by atoms with Crippen LogP contribution in [0.15, 0.2) is 12.7 Å². The SMILES string of the molecule is C=CC1C[C@]1(NC(=O)OC(C)(C)C)C(=O)NS(=O)(=O)C1(COCCOC)CC1. The third kappa shape index (κ3) is 5.03. The normalized spacial score (nSPS) is 25.5. The molecule has 0 heterocycles. The van der Waals surface area contributed by atoms with Crippen LogP contribution in [0.4, 0.5) is 4.79 Å². The van der Waals surface area contributed by atoms with Gasteiger partial charge in [-0.2, -0.15) is 0 Å². The number of sulfonamides is 1. The molecular weight excluding hydrogens is 388 g/mol. The van der Waals surface area contributed by atoms with Crippen LogP contribution in [0.5, 0.6) is 0 Å². The Morgan fingerprint density at radius 3 is 2.36 bits per heavy atom. The van der Waals surface area contributed by atoms with Crippen LogP contribution in [-0.4, -0.2) is 63.2 Å². The number of nitrogens with one attached hydrogen (secondary N) is 2. The molecule has 28 heavy (non-hydrogen) atoms. The smallest absolute Gasteiger partial charge is 0.408 e. The van der Waals surface area contributed by atoms with Crippen molar-refractivity contribution in [1.29, 1.82) is 0 Å². The van der Waals surface area contributed by atoms with Gasteiger partial charge in [0.2, 0.25) is 10.0 Å². The van der Waals surface area contributed by atoms with Gasteiger partial charge in [-0.15, -0.1) is 6.58 Å². The summed E-state index contributed by atoms with van der Waals surface area (Å²) in [4.78, 5) is 24.9. The highest BCUT2D eigenvalue weighted by Gasteiger charge is 2.63. The van der Waals surface area contributed by atoms with Gasteiger partial charge in [-0.25, -0.2) is 13.2 Å². The molecule has 0 aromatic carbocycles. The summed E-state index contributed by atoms with van der Waals surface area (Å²) in [7, 11) is -2.45. The number of hydrogen-bond acceptors (Lipinski definition) is 7. The van der Waals surface area contributed by atoms with E-state index in [1.54, 1.807) is 20.8 Å². The highest BCUT2D eigenvalue weighted by atomic mass is 32.2. The maximum Gasteiger partial charge on any atom is 0.408 e. The highest BCUT2D eigenvalue weighted by molar-refractivity contribution is 7.91. The quantitative estimate of drug-likeness (QED) is 0.403. The summed E-state index contributed by atoms with van der Waals surface area (Å²) in [6.07, 6.45) is 1.80. The predicted molar refractivity (Wildman–Crippen MR) is 102 cm³/mol. The Balaban J connectivity index is 2.04. The molecule has 0 bridgehead atoms. The second-order valence-corrected chi connectivity index (χ2v) is 10.4. The molecule has 0 aromatic rings. The fourth-order valence-electron chi connectivity index (χ4n) is 2.87. The van der Waals surface area contributed by atoms with E-state index in [4.69, 9.17) is 14.2 Å². The van der Waals surface area contributed by atoms with E-state index in [0.717, 1.165) is 0 Å². The summed E-state index contributed by atoms with van der Waals surface area (Å²) < 4.78 is 42.0. The zero-order chi connectivity index (χ0) is 21.2. The molecule has 0 saturated heterocycles. The van der Waals surface area contributed by atoms with Crippen LogP contribution >= 0.6 is 0 Å². The Morgan fingerprint density at radius 1 is 1.25 bits per heavy atom. The number of methoxy groups -OCH3 is 1. The molecule has 2 amide bonds. The van der Waals surface area contributed by atoms with Crippen LogP contribution in [0.3, 0.4) is 0 Å². The zero-order valence-electron chi connectivity index (χ0n) is 16.9. The first-order valence-electron chi connectivity index (χ1n) is 9.19. The topological polar surface area (TPSA) is 120 Å². The molecule has 2 N–H and O–H groups in total. The lowest BCUT2D eigenvalue weighted by molar-refractivity contribution is -0.122. The number of carbonyl (C=O) groups excluding carboxylic acids is 2. The van der Waals surface area contributed by atoms with Crippen molar-refractivity contribution < 1.29 is 32.2 Å². The summed E-state index contributed by atoms with van der Waals surface area (Å²) in [5.41, 5.74) is -2.12. The van der Waals surface area contributed by atoms with E-state index in [1.807, 2.05) is 0 Å². The van der Waals surface area contributed by atoms with Gasteiger partial charge in [0.25, 0.3) is 5.91 Å². The zero-order valence-corrected chi connectivity index (χ0v) is 17.7. The summed E-state index contributed by atoms with van der Waals surface area (Å²) in [6.45, 7) is 9.34. The monoisotopic (exact) mass is 418 g/mol. The average molecular weight is 419 g/mol. The lowest BCUT2D eigenvalue weighted by Gasteiger charge is -2.24. The minimum absolute atomic E-state index is 0.0175. The number of alkyl carbamates (subject to hydrolysis) is 1. The van der Waals surface area contributed by atoms with Crippen LogP contribution in [0, 0.1) is 5.92 Å². The molecule has 160 valence electrons. The van der Waals surface area contributed by atoms with Crippen LogP contribution in [0.25, 0.3) is 0 Å². The van der Waals surface area contributed by atoms with Gasteiger partial charge < -0.3 is 19.5 Å². The van der Waals surface area contributed by atoms with E-state index < -0.39 is 37.9 Å². The van der Waals surface area contributed by atoms with Crippen molar-refractivity contribution in [3.8, 4) is 0 Å². The van der Waals surface area contributed by atoms with Crippen molar-refractivity contribution in [2.75, 3.05) is 26.9 Å². The number of amides is 2. The van der Waals surface area contributed by atoms with Gasteiger partial charge in [0.1, 0.15) is 15.9 Å². The fraction of sp³-hybridized carbons (Fsp3) is 0.778. The molecule has 0 aromatic heterocycles. The van der Waals surface area contributed by atoms with E-state index in [0.29, 0.717) is 19.4 Å². The molecule has 9 nitrogen and oxygen atoms in total. The maximum absolute atomic E-state index is 12.8. The summed E-state index contributed by atoms with van der Waals surface area (Å²) in [5, 5.41) is 2.52. The first-order valence-corrected chi connectivity index (χ1v) is 10.7. The van der Waals surface area contributed by atoms with Gasteiger partial charge in [-0.1, -0.05) is 6.08 Å². The molecule has 0 radical (unpaired) electrons. The van der Waals surface area contributed by atoms with Gasteiger partial charge in [-0.3, -0.25) is 9.52 Å². The molecule has 2 aliphatic rings. The van der Waals surface area contributed by atoms with E-state index in [2.05, 4.69) is 16.6 Å². The van der Waals surface area contributed by atoms with Crippen LogP contribution in [0.2, 0.25) is 0 Å². The van der Waals surface area contributed by atoms with Gasteiger partial charge in [0, 0.05) is 13.0 Å². The second kappa shape index (κ2) is 8.00. The maximum atomic E-state index is 12.8. The number of rotatable bonds is 10. The molecule has 2 rings (SSSR count). The van der Waals surface area contributed by atoms with Crippen molar-refractivity contribution in [2.24, 2.45) is 5.92 Å². The average Bonchev–Trinajstić information content (AvgIpc) is 3.45. The van der Waals surface area contributed by atoms with Crippen molar-refractivity contribution in [3.05, 3.63) is 12.7 Å². The summed E-state index contributed by atoms with van der Waals surface area (Å²) >= 11 is 0. The highest BCUT2D eigenvalue weighted by Crippen LogP contribution is 2.47. The van der Waals surface area contributed by atoms with Crippen LogP contribution in [-0.2, 0) is 29.0 Å². The van der Waals surface area contributed by atoms with Crippen molar-refractivity contribution >= 4 is 22.0 Å². The molecule has 1 unspecified atom stereocenters. The Hall–Kier alpha value is -1.65. The molecule has 2 aliphatic carbocycles. The number of carbonyl (C=O) groups is 2. The first-order chi connectivity index (χ1) is 12.9. The Bertz CT molecular complexity index is 725. The minimum atomic E-state index is -3.97. The summed E-state index contributed by atoms with van der Waals surface area (Å²) in [6, 6.07) is 0. The fourth-order valence-corrected chi connectivity index (χ4v) is 4.39. The van der Waals surface area contributed by atoms with Crippen LogP contribution < -0.4 is 10.0 Å². The minimum Gasteiger partial charge on any atom is -0.444 e. The van der Waals surface area contributed by atoms with E-state index in [9.17, 15) is 18.0 Å². The molecule has 2 fully saturated rings. The standard InChI is InChI=1S/C18H30N2O7S/c1-6-13-11-18(13,19-15(22)27-16(2,3)4)14(21)20-28(23,24)17(7-8-17)12-26-10-9-25-5/h6,13H,1,7-12H2,2-5H3,(H,19,22)(H,20,21)/t13?,18-/m1/s1. The Kier molecular flexibility index (Phi) is 6.47. The van der Waals surface area contributed by atoms with Crippen molar-refractivity contribution in [3.63, 3.8) is 0 Å². The molecule has 10 heteroatoms. The Labute approximate surface area is 166 Å². The van der Waals surface area contributed by atoms with Gasteiger partial charge in [0.05, 0.1) is 19.8 Å². The molecule has 2 atom stereocenters. The lowest BCUT2D eigenvalue weighted by Crippen LogP contribution is -2.55. The first kappa shape index (κ1) is 22.6. The number of hydrogen-bond donors (Lipinski definition) is 2. The van der Waals surface area contributed by atoms with Crippen molar-refractivity contribution in [1.82, 2.24) is 10.0 Å². The van der Waals surface area contributed by atoms with E-state index >= 15 is 0 Å². The molecule has 2 saturated carbocycles. The van der Waals surface area contributed by atoms with Gasteiger partial charge in [0.15, 0.2) is 0 Å². The largest absolute Gasteiger partial charge is 0.444 e. The van der Waals surface area contributed by atoms with E-state index in [1.165, 1.54) is 13.2 Å². The molecular formula is C18H30N2O7S.